The maximum atomic E-state index is 12.6. The summed E-state index contributed by atoms with van der Waals surface area (Å²) in [4.78, 5) is 23.0. The molecule has 1 aliphatic heterocycles. The van der Waals surface area contributed by atoms with E-state index in [2.05, 4.69) is 20.4 Å². The van der Waals surface area contributed by atoms with Crippen molar-refractivity contribution in [1.29, 1.82) is 0 Å². The van der Waals surface area contributed by atoms with Crippen LogP contribution in [0.25, 0.3) is 11.5 Å². The third-order valence-electron chi connectivity index (χ3n) is 4.16. The quantitative estimate of drug-likeness (QED) is 0.792. The molecule has 25 heavy (non-hydrogen) atoms. The predicted molar refractivity (Wildman–Crippen MR) is 91.7 cm³/mol. The summed E-state index contributed by atoms with van der Waals surface area (Å²) in [6, 6.07) is 14.5. The number of urea groups is 1. The van der Waals surface area contributed by atoms with Gasteiger partial charge in [0.15, 0.2) is 0 Å². The molecule has 0 bridgehead atoms. The van der Waals surface area contributed by atoms with E-state index in [1.165, 1.54) is 0 Å². The van der Waals surface area contributed by atoms with Gasteiger partial charge in [-0.1, -0.05) is 29.4 Å². The smallest absolute Gasteiger partial charge is 0.322 e. The molecule has 1 saturated heterocycles. The van der Waals surface area contributed by atoms with Gasteiger partial charge >= 0.3 is 6.03 Å². The Morgan fingerprint density at radius 1 is 1.16 bits per heavy atom. The highest BCUT2D eigenvalue weighted by atomic mass is 16.5. The van der Waals surface area contributed by atoms with E-state index in [4.69, 9.17) is 4.52 Å². The number of benzene rings is 1. The van der Waals surface area contributed by atoms with Gasteiger partial charge in [0.05, 0.1) is 0 Å². The van der Waals surface area contributed by atoms with Gasteiger partial charge in [-0.25, -0.2) is 4.79 Å². The predicted octanol–water partition coefficient (Wildman–Crippen LogP) is 3.50. The number of nitrogens with one attached hydrogen (secondary N) is 1. The van der Waals surface area contributed by atoms with E-state index in [1.807, 2.05) is 48.5 Å². The Kier molecular flexibility index (Phi) is 4.12. The minimum Gasteiger partial charge on any atom is -0.337 e. The van der Waals surface area contributed by atoms with Crippen molar-refractivity contribution in [3.8, 4) is 11.5 Å². The minimum absolute atomic E-state index is 0.161. The molecule has 1 fully saturated rings. The number of hydrogen-bond acceptors (Lipinski definition) is 5. The molecule has 1 atom stereocenters. The molecule has 0 aliphatic carbocycles. The number of carbonyl (C=O) groups excluding carboxylic acids is 1. The van der Waals surface area contributed by atoms with Crippen LogP contribution in [0.3, 0.4) is 0 Å². The first-order chi connectivity index (χ1) is 12.3. The lowest BCUT2D eigenvalue weighted by atomic mass is 10.2. The Morgan fingerprint density at radius 2 is 2.00 bits per heavy atom. The molecule has 7 heteroatoms. The molecule has 2 aromatic heterocycles. The third-order valence-corrected chi connectivity index (χ3v) is 4.16. The fourth-order valence-electron chi connectivity index (χ4n) is 2.95. The highest BCUT2D eigenvalue weighted by Crippen LogP contribution is 2.32. The first-order valence-corrected chi connectivity index (χ1v) is 8.19. The van der Waals surface area contributed by atoms with Crippen LogP contribution in [0.2, 0.25) is 0 Å². The van der Waals surface area contributed by atoms with Crippen molar-refractivity contribution in [3.05, 3.63) is 60.6 Å². The Morgan fingerprint density at radius 3 is 2.80 bits per heavy atom. The maximum absolute atomic E-state index is 12.6. The summed E-state index contributed by atoms with van der Waals surface area (Å²) in [5.74, 6) is 0.882. The molecule has 1 N–H and O–H groups in total. The number of nitrogens with zero attached hydrogens (tertiary/aromatic N) is 4. The van der Waals surface area contributed by atoms with Gasteiger partial charge in [-0.3, -0.25) is 4.98 Å². The van der Waals surface area contributed by atoms with Gasteiger partial charge in [-0.05, 0) is 37.1 Å². The number of rotatable bonds is 3. The lowest BCUT2D eigenvalue weighted by Crippen LogP contribution is -2.34. The van der Waals surface area contributed by atoms with Crippen molar-refractivity contribution in [2.24, 2.45) is 0 Å². The van der Waals surface area contributed by atoms with Crippen LogP contribution >= 0.6 is 0 Å². The summed E-state index contributed by atoms with van der Waals surface area (Å²) < 4.78 is 5.41. The number of pyridine rings is 1. The summed E-state index contributed by atoms with van der Waals surface area (Å²) in [6.07, 6.45) is 3.38. The highest BCUT2D eigenvalue weighted by Gasteiger charge is 2.34. The van der Waals surface area contributed by atoms with Gasteiger partial charge in [0.2, 0.25) is 11.7 Å². The van der Waals surface area contributed by atoms with E-state index in [0.29, 0.717) is 24.0 Å². The van der Waals surface area contributed by atoms with Crippen LogP contribution in [0, 0.1) is 0 Å². The van der Waals surface area contributed by atoms with E-state index in [1.54, 1.807) is 11.1 Å². The molecule has 3 aromatic rings. The van der Waals surface area contributed by atoms with Crippen molar-refractivity contribution in [2.75, 3.05) is 11.9 Å². The first-order valence-electron chi connectivity index (χ1n) is 8.19. The minimum atomic E-state index is -0.214. The van der Waals surface area contributed by atoms with Crippen LogP contribution in [-0.4, -0.2) is 32.6 Å². The molecule has 0 spiro atoms. The van der Waals surface area contributed by atoms with Gasteiger partial charge in [0.1, 0.15) is 11.7 Å². The molecule has 126 valence electrons. The van der Waals surface area contributed by atoms with E-state index < -0.39 is 0 Å². The number of amides is 2. The molecule has 0 saturated carbocycles. The average Bonchev–Trinajstić information content (AvgIpc) is 3.32. The van der Waals surface area contributed by atoms with E-state index in [-0.39, 0.29) is 12.1 Å². The zero-order chi connectivity index (χ0) is 17.1. The number of likely N-dealkylation sites (tertiary alicyclic amines) is 1. The third kappa shape index (κ3) is 3.21. The largest absolute Gasteiger partial charge is 0.337 e. The zero-order valence-electron chi connectivity index (χ0n) is 13.5. The van der Waals surface area contributed by atoms with Crippen molar-refractivity contribution >= 4 is 11.7 Å². The second-order valence-electron chi connectivity index (χ2n) is 5.82. The SMILES string of the molecule is O=C(Nc1ccccc1)N1CCC[C@H]1c1nc(-c2ccccn2)no1. The molecule has 3 heterocycles. The van der Waals surface area contributed by atoms with E-state index >= 15 is 0 Å². The Labute approximate surface area is 144 Å². The van der Waals surface area contributed by atoms with Gasteiger partial charge in [0, 0.05) is 18.4 Å². The molecule has 0 radical (unpaired) electrons. The average molecular weight is 335 g/mol. The Hall–Kier alpha value is -3.22. The lowest BCUT2D eigenvalue weighted by Gasteiger charge is -2.22. The number of aromatic nitrogens is 3. The van der Waals surface area contributed by atoms with Gasteiger partial charge in [0.25, 0.3) is 0 Å². The fourth-order valence-corrected chi connectivity index (χ4v) is 2.95. The molecule has 0 unspecified atom stereocenters. The van der Waals surface area contributed by atoms with Crippen LogP contribution in [0.1, 0.15) is 24.8 Å². The van der Waals surface area contributed by atoms with Crippen LogP contribution in [-0.2, 0) is 0 Å². The summed E-state index contributed by atoms with van der Waals surface area (Å²) in [6.45, 7) is 0.657. The standard InChI is InChI=1S/C18H17N5O2/c24-18(20-13-7-2-1-3-8-13)23-12-6-10-15(23)17-21-16(22-25-17)14-9-4-5-11-19-14/h1-5,7-9,11,15H,6,10,12H2,(H,20,24)/t15-/m0/s1. The van der Waals surface area contributed by atoms with Crippen molar-refractivity contribution in [2.45, 2.75) is 18.9 Å². The summed E-state index contributed by atoms with van der Waals surface area (Å²) in [7, 11) is 0. The van der Waals surface area contributed by atoms with Crippen molar-refractivity contribution in [3.63, 3.8) is 0 Å². The van der Waals surface area contributed by atoms with Crippen LogP contribution in [0.5, 0.6) is 0 Å². The number of carbonyl (C=O) groups is 1. The van der Waals surface area contributed by atoms with Gasteiger partial charge in [-0.15, -0.1) is 0 Å². The lowest BCUT2D eigenvalue weighted by molar-refractivity contribution is 0.193. The van der Waals surface area contributed by atoms with Crippen molar-refractivity contribution < 1.29 is 9.32 Å². The van der Waals surface area contributed by atoms with Crippen LogP contribution in [0.4, 0.5) is 10.5 Å². The van der Waals surface area contributed by atoms with E-state index in [9.17, 15) is 4.79 Å². The topological polar surface area (TPSA) is 84.2 Å². The zero-order valence-corrected chi connectivity index (χ0v) is 13.5. The number of para-hydroxylation sites is 1. The highest BCUT2D eigenvalue weighted by molar-refractivity contribution is 5.89. The molecule has 1 aromatic carbocycles. The van der Waals surface area contributed by atoms with E-state index in [0.717, 1.165) is 18.5 Å². The van der Waals surface area contributed by atoms with Crippen LogP contribution in [0.15, 0.2) is 59.3 Å². The molecule has 7 nitrogen and oxygen atoms in total. The first kappa shape index (κ1) is 15.3. The Balaban J connectivity index is 1.52. The second kappa shape index (κ2) is 6.72. The molecule has 4 rings (SSSR count). The monoisotopic (exact) mass is 335 g/mol. The summed E-state index contributed by atoms with van der Waals surface area (Å²) in [5.41, 5.74) is 1.41. The molecular formula is C18H17N5O2. The second-order valence-corrected chi connectivity index (χ2v) is 5.82. The summed E-state index contributed by atoms with van der Waals surface area (Å²) >= 11 is 0. The Bertz CT molecular complexity index is 850. The molecule has 1 aliphatic rings. The fraction of sp³-hybridized carbons (Fsp3) is 0.222. The van der Waals surface area contributed by atoms with Crippen LogP contribution < -0.4 is 5.32 Å². The van der Waals surface area contributed by atoms with Gasteiger partial charge in [-0.2, -0.15) is 4.98 Å². The number of anilines is 1. The van der Waals surface area contributed by atoms with Crippen molar-refractivity contribution in [1.82, 2.24) is 20.0 Å². The maximum Gasteiger partial charge on any atom is 0.322 e. The summed E-state index contributed by atoms with van der Waals surface area (Å²) in [5, 5.41) is 6.91. The molecular weight excluding hydrogens is 318 g/mol. The molecule has 2 amide bonds. The normalized spacial score (nSPS) is 16.8. The number of hydrogen-bond donors (Lipinski definition) is 1. The van der Waals surface area contributed by atoms with Gasteiger partial charge < -0.3 is 14.7 Å².